The van der Waals surface area contributed by atoms with Crippen LogP contribution in [-0.4, -0.2) is 23.6 Å². The Morgan fingerprint density at radius 2 is 1.46 bits per heavy atom. The second-order valence-corrected chi connectivity index (χ2v) is 11.4. The molecule has 3 N–H and O–H groups in total. The molecule has 0 saturated heterocycles. The zero-order valence-corrected chi connectivity index (χ0v) is 17.0. The van der Waals surface area contributed by atoms with E-state index in [0.29, 0.717) is 11.3 Å². The average molecular weight is 393 g/mol. The molecule has 28 heavy (non-hydrogen) atoms. The number of hydrogen-bond acceptors (Lipinski definition) is 4. The third-order valence-corrected chi connectivity index (χ3v) is 6.27. The minimum absolute atomic E-state index is 0.00164. The van der Waals surface area contributed by atoms with Crippen molar-refractivity contribution < 1.29 is 19.7 Å². The van der Waals surface area contributed by atoms with E-state index in [1.54, 1.807) is 36.4 Å². The lowest BCUT2D eigenvalue weighted by Crippen LogP contribution is -2.37. The Morgan fingerprint density at radius 3 is 2.14 bits per heavy atom. The fraction of sp³-hybridized carbons (Fsp3) is 0.130. The van der Waals surface area contributed by atoms with Crippen LogP contribution in [-0.2, 0) is 6.04 Å². The predicted octanol–water partition coefficient (Wildman–Crippen LogP) is 5.34. The van der Waals surface area contributed by atoms with Gasteiger partial charge in [0.25, 0.3) is 0 Å². The van der Waals surface area contributed by atoms with E-state index in [0.717, 1.165) is 11.6 Å². The fourth-order valence-corrected chi connectivity index (χ4v) is 5.13. The van der Waals surface area contributed by atoms with Gasteiger partial charge in [-0.05, 0) is 48.5 Å². The Bertz CT molecular complexity index is 961. The molecule has 0 radical (unpaired) electrons. The number of aromatic hydroxyl groups is 3. The molecule has 4 nitrogen and oxygen atoms in total. The van der Waals surface area contributed by atoms with Crippen LogP contribution in [0.15, 0.2) is 66.7 Å². The smallest absolute Gasteiger partial charge is 0.249 e. The standard InChI is InChI=1S/C23H24O4Si/c1-28(2,16-17-6-4-3-5-7-17)27-23-15-20(24)11-10-19(23)9-8-18-12-21(25)14-22(26)13-18/h3-15,24-26H,16H2,1-2H3/b9-8+. The minimum atomic E-state index is -2.09. The van der Waals surface area contributed by atoms with Crippen molar-refractivity contribution in [2.75, 3.05) is 0 Å². The first-order valence-corrected chi connectivity index (χ1v) is 12.2. The number of rotatable bonds is 6. The maximum absolute atomic E-state index is 9.93. The van der Waals surface area contributed by atoms with Crippen molar-refractivity contribution in [3.05, 3.63) is 83.4 Å². The summed E-state index contributed by atoms with van der Waals surface area (Å²) in [4.78, 5) is 0. The molecule has 0 aliphatic rings. The second kappa shape index (κ2) is 8.23. The molecular weight excluding hydrogens is 368 g/mol. The van der Waals surface area contributed by atoms with Gasteiger partial charge in [0, 0.05) is 23.7 Å². The molecule has 3 rings (SSSR count). The minimum Gasteiger partial charge on any atom is -0.543 e. The summed E-state index contributed by atoms with van der Waals surface area (Å²) in [5.74, 6) is 0.761. The van der Waals surface area contributed by atoms with Crippen molar-refractivity contribution >= 4 is 20.5 Å². The van der Waals surface area contributed by atoms with E-state index in [9.17, 15) is 15.3 Å². The largest absolute Gasteiger partial charge is 0.543 e. The number of benzene rings is 3. The van der Waals surface area contributed by atoms with E-state index in [1.807, 2.05) is 24.3 Å². The summed E-state index contributed by atoms with van der Waals surface area (Å²) in [6.45, 7) is 4.29. The Labute approximate surface area is 166 Å². The summed E-state index contributed by atoms with van der Waals surface area (Å²) in [6.07, 6.45) is 3.63. The van der Waals surface area contributed by atoms with Gasteiger partial charge >= 0.3 is 0 Å². The first-order chi connectivity index (χ1) is 13.3. The Morgan fingerprint density at radius 1 is 0.786 bits per heavy atom. The summed E-state index contributed by atoms with van der Waals surface area (Å²) >= 11 is 0. The van der Waals surface area contributed by atoms with Crippen LogP contribution in [0.1, 0.15) is 16.7 Å². The van der Waals surface area contributed by atoms with E-state index in [2.05, 4.69) is 25.2 Å². The molecule has 0 unspecified atom stereocenters. The van der Waals surface area contributed by atoms with Crippen LogP contribution in [0.4, 0.5) is 0 Å². The molecule has 0 atom stereocenters. The topological polar surface area (TPSA) is 69.9 Å². The summed E-state index contributed by atoms with van der Waals surface area (Å²) in [5, 5.41) is 29.2. The quantitative estimate of drug-likeness (QED) is 0.391. The van der Waals surface area contributed by atoms with E-state index in [-0.39, 0.29) is 17.2 Å². The third kappa shape index (κ3) is 5.41. The molecule has 0 bridgehead atoms. The van der Waals surface area contributed by atoms with Crippen molar-refractivity contribution in [2.24, 2.45) is 0 Å². The van der Waals surface area contributed by atoms with Crippen molar-refractivity contribution in [3.63, 3.8) is 0 Å². The highest BCUT2D eigenvalue weighted by atomic mass is 28.4. The van der Waals surface area contributed by atoms with Gasteiger partial charge in [-0.15, -0.1) is 0 Å². The lowest BCUT2D eigenvalue weighted by atomic mass is 10.1. The molecule has 0 spiro atoms. The normalized spacial score (nSPS) is 11.6. The second-order valence-electron chi connectivity index (χ2n) is 7.36. The number of phenolic OH excluding ortho intramolecular Hbond substituents is 3. The molecule has 0 aliphatic heterocycles. The third-order valence-electron chi connectivity index (χ3n) is 4.24. The Hall–Kier alpha value is -3.18. The van der Waals surface area contributed by atoms with Gasteiger partial charge in [-0.1, -0.05) is 42.5 Å². The molecule has 3 aromatic rings. The van der Waals surface area contributed by atoms with Gasteiger partial charge < -0.3 is 19.7 Å². The van der Waals surface area contributed by atoms with Crippen LogP contribution in [0.25, 0.3) is 12.2 Å². The Kier molecular flexibility index (Phi) is 5.75. The molecule has 3 aromatic carbocycles. The molecule has 0 heterocycles. The van der Waals surface area contributed by atoms with Crippen LogP contribution < -0.4 is 4.43 Å². The van der Waals surface area contributed by atoms with Gasteiger partial charge in [0.05, 0.1) is 0 Å². The van der Waals surface area contributed by atoms with E-state index < -0.39 is 8.32 Å². The van der Waals surface area contributed by atoms with Crippen molar-refractivity contribution in [3.8, 4) is 23.0 Å². The zero-order valence-electron chi connectivity index (χ0n) is 16.0. The van der Waals surface area contributed by atoms with E-state index in [4.69, 9.17) is 4.43 Å². The van der Waals surface area contributed by atoms with Gasteiger partial charge in [-0.3, -0.25) is 0 Å². The van der Waals surface area contributed by atoms with Crippen LogP contribution in [0.3, 0.4) is 0 Å². The first-order valence-electron chi connectivity index (χ1n) is 9.08. The van der Waals surface area contributed by atoms with Crippen molar-refractivity contribution in [2.45, 2.75) is 19.1 Å². The highest BCUT2D eigenvalue weighted by Gasteiger charge is 2.26. The highest BCUT2D eigenvalue weighted by Crippen LogP contribution is 2.30. The maximum Gasteiger partial charge on any atom is 0.249 e. The summed E-state index contributed by atoms with van der Waals surface area (Å²) in [7, 11) is -2.09. The monoisotopic (exact) mass is 392 g/mol. The van der Waals surface area contributed by atoms with E-state index >= 15 is 0 Å². The molecule has 0 amide bonds. The first kappa shape index (κ1) is 19.6. The average Bonchev–Trinajstić information content (AvgIpc) is 2.60. The molecule has 144 valence electrons. The lowest BCUT2D eigenvalue weighted by Gasteiger charge is -2.25. The predicted molar refractivity (Wildman–Crippen MR) is 115 cm³/mol. The van der Waals surface area contributed by atoms with Gasteiger partial charge in [-0.2, -0.15) is 0 Å². The molecule has 0 fully saturated rings. The van der Waals surface area contributed by atoms with Gasteiger partial charge in [-0.25, -0.2) is 0 Å². The molecule has 0 aromatic heterocycles. The van der Waals surface area contributed by atoms with E-state index in [1.165, 1.54) is 11.6 Å². The number of phenols is 3. The Balaban J connectivity index is 1.85. The summed E-state index contributed by atoms with van der Waals surface area (Å²) < 4.78 is 6.38. The van der Waals surface area contributed by atoms with Crippen molar-refractivity contribution in [1.29, 1.82) is 0 Å². The molecular formula is C23H24O4Si. The summed E-state index contributed by atoms with van der Waals surface area (Å²) in [5.41, 5.74) is 2.71. The maximum atomic E-state index is 9.93. The fourth-order valence-electron chi connectivity index (χ4n) is 3.07. The lowest BCUT2D eigenvalue weighted by molar-refractivity contribution is 0.450. The van der Waals surface area contributed by atoms with Crippen LogP contribution in [0, 0.1) is 0 Å². The summed E-state index contributed by atoms with van der Waals surface area (Å²) in [6, 6.07) is 20.5. The molecule has 0 aliphatic carbocycles. The molecule has 5 heteroatoms. The van der Waals surface area contributed by atoms with Gasteiger partial charge in [0.2, 0.25) is 8.32 Å². The number of hydrogen-bond donors (Lipinski definition) is 3. The van der Waals surface area contributed by atoms with Gasteiger partial charge in [0.15, 0.2) is 0 Å². The van der Waals surface area contributed by atoms with Gasteiger partial charge in [0.1, 0.15) is 23.0 Å². The highest BCUT2D eigenvalue weighted by molar-refractivity contribution is 6.71. The SMILES string of the molecule is C[Si](C)(Cc1ccccc1)Oc1cc(O)ccc1/C=C/c1cc(O)cc(O)c1. The van der Waals surface area contributed by atoms with Crippen LogP contribution >= 0.6 is 0 Å². The van der Waals surface area contributed by atoms with Crippen LogP contribution in [0.5, 0.6) is 23.0 Å². The van der Waals surface area contributed by atoms with Crippen molar-refractivity contribution in [1.82, 2.24) is 0 Å². The van der Waals surface area contributed by atoms with Crippen LogP contribution in [0.2, 0.25) is 13.1 Å². The molecule has 0 saturated carbocycles. The zero-order chi connectivity index (χ0) is 20.1.